The Morgan fingerprint density at radius 3 is 3.00 bits per heavy atom. The highest BCUT2D eigenvalue weighted by molar-refractivity contribution is 6.31. The molecule has 0 aromatic heterocycles. The molecule has 1 fully saturated rings. The maximum absolute atomic E-state index is 12.2. The second kappa shape index (κ2) is 9.11. The summed E-state index contributed by atoms with van der Waals surface area (Å²) in [5.74, 6) is 0.518. The van der Waals surface area contributed by atoms with Crippen LogP contribution in [0.1, 0.15) is 12.0 Å². The van der Waals surface area contributed by atoms with Gasteiger partial charge in [-0.05, 0) is 30.5 Å². The molecular weight excluding hydrogens is 314 g/mol. The molecule has 1 heterocycles. The first-order valence-corrected chi connectivity index (χ1v) is 8.41. The van der Waals surface area contributed by atoms with Crippen LogP contribution < -0.4 is 5.32 Å². The number of benzene rings is 1. The number of carbonyl (C=O) groups is 1. The highest BCUT2D eigenvalue weighted by Crippen LogP contribution is 2.17. The van der Waals surface area contributed by atoms with Gasteiger partial charge in [-0.2, -0.15) is 0 Å². The second-order valence-corrected chi connectivity index (χ2v) is 6.49. The maximum atomic E-state index is 12.2. The van der Waals surface area contributed by atoms with Gasteiger partial charge in [-0.3, -0.25) is 0 Å². The minimum Gasteiger partial charge on any atom is -0.383 e. The summed E-state index contributed by atoms with van der Waals surface area (Å²) in [5.41, 5.74) is 0.957. The van der Waals surface area contributed by atoms with E-state index in [4.69, 9.17) is 16.3 Å². The number of nitrogens with one attached hydrogen (secondary N) is 1. The van der Waals surface area contributed by atoms with Crippen molar-refractivity contribution >= 4 is 17.6 Å². The molecule has 128 valence electrons. The number of nitrogens with zero attached hydrogens (tertiary/aromatic N) is 2. The fourth-order valence-corrected chi connectivity index (χ4v) is 3.02. The summed E-state index contributed by atoms with van der Waals surface area (Å²) in [6.45, 7) is 5.07. The summed E-state index contributed by atoms with van der Waals surface area (Å²) in [6.07, 6.45) is 1.12. The van der Waals surface area contributed by atoms with E-state index < -0.39 is 0 Å². The van der Waals surface area contributed by atoms with E-state index in [0.717, 1.165) is 44.8 Å². The summed E-state index contributed by atoms with van der Waals surface area (Å²) in [4.78, 5) is 16.3. The van der Waals surface area contributed by atoms with Gasteiger partial charge in [-0.15, -0.1) is 0 Å². The van der Waals surface area contributed by atoms with Crippen molar-refractivity contribution in [3.8, 4) is 0 Å². The lowest BCUT2D eigenvalue weighted by atomic mass is 10.1. The van der Waals surface area contributed by atoms with Crippen LogP contribution in [-0.4, -0.2) is 62.8 Å². The van der Waals surface area contributed by atoms with E-state index in [2.05, 4.69) is 10.2 Å². The molecule has 0 aliphatic carbocycles. The molecule has 0 unspecified atom stereocenters. The van der Waals surface area contributed by atoms with Gasteiger partial charge in [0.1, 0.15) is 0 Å². The van der Waals surface area contributed by atoms with Crippen LogP contribution in [0.2, 0.25) is 5.02 Å². The van der Waals surface area contributed by atoms with Crippen molar-refractivity contribution in [3.63, 3.8) is 0 Å². The number of urea groups is 1. The standard InChI is InChI=1S/C17H26ClN3O2/c1-20(13-15-5-3-4-6-16(15)18)17(22)19-11-14-7-8-21(12-14)9-10-23-2/h3-6,14H,7-13H2,1-2H3,(H,19,22)/t14-/m0/s1. The first-order chi connectivity index (χ1) is 11.1. The Kier molecular flexibility index (Phi) is 7.15. The molecule has 1 saturated heterocycles. The summed E-state index contributed by atoms with van der Waals surface area (Å²) in [6, 6.07) is 7.55. The van der Waals surface area contributed by atoms with Crippen molar-refractivity contribution < 1.29 is 9.53 Å². The number of rotatable bonds is 7. The van der Waals surface area contributed by atoms with Gasteiger partial charge in [0.15, 0.2) is 0 Å². The van der Waals surface area contributed by atoms with E-state index in [-0.39, 0.29) is 6.03 Å². The number of hydrogen-bond acceptors (Lipinski definition) is 3. The van der Waals surface area contributed by atoms with E-state index >= 15 is 0 Å². The summed E-state index contributed by atoms with van der Waals surface area (Å²) in [7, 11) is 3.51. The monoisotopic (exact) mass is 339 g/mol. The van der Waals surface area contributed by atoms with Crippen LogP contribution >= 0.6 is 11.6 Å². The van der Waals surface area contributed by atoms with Gasteiger partial charge >= 0.3 is 6.03 Å². The van der Waals surface area contributed by atoms with Gasteiger partial charge < -0.3 is 19.9 Å². The van der Waals surface area contributed by atoms with Crippen molar-refractivity contribution in [2.45, 2.75) is 13.0 Å². The van der Waals surface area contributed by atoms with Gasteiger partial charge in [0.05, 0.1) is 6.61 Å². The number of likely N-dealkylation sites (tertiary alicyclic amines) is 1. The molecule has 1 aromatic rings. The van der Waals surface area contributed by atoms with Gasteiger partial charge in [0, 0.05) is 45.4 Å². The number of hydrogen-bond donors (Lipinski definition) is 1. The van der Waals surface area contributed by atoms with Gasteiger partial charge in [0.25, 0.3) is 0 Å². The topological polar surface area (TPSA) is 44.8 Å². The predicted octanol–water partition coefficient (Wildman–Crippen LogP) is 2.45. The molecule has 0 bridgehead atoms. The quantitative estimate of drug-likeness (QED) is 0.830. The molecule has 0 spiro atoms. The number of amides is 2. The second-order valence-electron chi connectivity index (χ2n) is 6.08. The predicted molar refractivity (Wildman–Crippen MR) is 92.7 cm³/mol. The first kappa shape index (κ1) is 18.0. The van der Waals surface area contributed by atoms with Crippen molar-refractivity contribution in [1.29, 1.82) is 0 Å². The van der Waals surface area contributed by atoms with Gasteiger partial charge in [0.2, 0.25) is 0 Å². The van der Waals surface area contributed by atoms with Crippen LogP contribution in [0, 0.1) is 5.92 Å². The van der Waals surface area contributed by atoms with Crippen LogP contribution in [-0.2, 0) is 11.3 Å². The Bertz CT molecular complexity index is 512. The molecule has 2 rings (SSSR count). The van der Waals surface area contributed by atoms with E-state index in [1.54, 1.807) is 19.1 Å². The highest BCUT2D eigenvalue weighted by Gasteiger charge is 2.22. The van der Waals surface area contributed by atoms with Crippen molar-refractivity contribution in [3.05, 3.63) is 34.9 Å². The molecular formula is C17H26ClN3O2. The fourth-order valence-electron chi connectivity index (χ4n) is 2.82. The zero-order valence-electron chi connectivity index (χ0n) is 13.9. The molecule has 1 atom stereocenters. The lowest BCUT2D eigenvalue weighted by Crippen LogP contribution is -2.39. The van der Waals surface area contributed by atoms with Crippen LogP contribution in [0.15, 0.2) is 24.3 Å². The number of carbonyl (C=O) groups excluding carboxylic acids is 1. The number of halogens is 1. The van der Waals surface area contributed by atoms with Crippen molar-refractivity contribution in [2.75, 3.05) is 46.9 Å². The van der Waals surface area contributed by atoms with Crippen LogP contribution in [0.4, 0.5) is 4.79 Å². The SMILES string of the molecule is COCCN1CC[C@@H](CNC(=O)N(C)Cc2ccccc2Cl)C1. The van der Waals surface area contributed by atoms with Crippen LogP contribution in [0.3, 0.4) is 0 Å². The molecule has 1 aliphatic rings. The Morgan fingerprint density at radius 2 is 2.26 bits per heavy atom. The third-order valence-electron chi connectivity index (χ3n) is 4.24. The molecule has 0 radical (unpaired) electrons. The normalized spacial score (nSPS) is 18.1. The van der Waals surface area contributed by atoms with E-state index in [0.29, 0.717) is 17.5 Å². The van der Waals surface area contributed by atoms with Crippen LogP contribution in [0.25, 0.3) is 0 Å². The molecule has 23 heavy (non-hydrogen) atoms. The molecule has 6 heteroatoms. The Morgan fingerprint density at radius 1 is 1.48 bits per heavy atom. The lowest BCUT2D eigenvalue weighted by molar-refractivity contribution is 0.158. The minimum absolute atomic E-state index is 0.0553. The fraction of sp³-hybridized carbons (Fsp3) is 0.588. The maximum Gasteiger partial charge on any atom is 0.317 e. The van der Waals surface area contributed by atoms with Crippen LogP contribution in [0.5, 0.6) is 0 Å². The van der Waals surface area contributed by atoms with E-state index in [1.807, 2.05) is 24.3 Å². The van der Waals surface area contributed by atoms with E-state index in [9.17, 15) is 4.79 Å². The number of methoxy groups -OCH3 is 1. The van der Waals surface area contributed by atoms with E-state index in [1.165, 1.54) is 0 Å². The largest absolute Gasteiger partial charge is 0.383 e. The van der Waals surface area contributed by atoms with Gasteiger partial charge in [-0.25, -0.2) is 4.79 Å². The Hall–Kier alpha value is -1.30. The van der Waals surface area contributed by atoms with Crippen molar-refractivity contribution in [1.82, 2.24) is 15.1 Å². The lowest BCUT2D eigenvalue weighted by Gasteiger charge is -2.20. The zero-order chi connectivity index (χ0) is 16.7. The third kappa shape index (κ3) is 5.68. The summed E-state index contributed by atoms with van der Waals surface area (Å²) in [5, 5.41) is 3.72. The van der Waals surface area contributed by atoms with Crippen molar-refractivity contribution in [2.24, 2.45) is 5.92 Å². The molecule has 5 nitrogen and oxygen atoms in total. The smallest absolute Gasteiger partial charge is 0.317 e. The summed E-state index contributed by atoms with van der Waals surface area (Å²) < 4.78 is 5.11. The van der Waals surface area contributed by atoms with Gasteiger partial charge in [-0.1, -0.05) is 29.8 Å². The minimum atomic E-state index is -0.0553. The molecule has 2 amide bonds. The average Bonchev–Trinajstić information content (AvgIpc) is 3.00. The zero-order valence-corrected chi connectivity index (χ0v) is 14.7. The third-order valence-corrected chi connectivity index (χ3v) is 4.60. The Balaban J connectivity index is 1.71. The highest BCUT2D eigenvalue weighted by atomic mass is 35.5. The molecule has 1 aliphatic heterocycles. The average molecular weight is 340 g/mol. The molecule has 0 saturated carbocycles. The molecule has 1 aromatic carbocycles. The number of ether oxygens (including phenoxy) is 1. The Labute approximate surface area is 143 Å². The summed E-state index contributed by atoms with van der Waals surface area (Å²) >= 11 is 6.14. The first-order valence-electron chi connectivity index (χ1n) is 8.03. The molecule has 1 N–H and O–H groups in total.